The molecule has 0 saturated carbocycles. The molecule has 29 heavy (non-hydrogen) atoms. The van der Waals surface area contributed by atoms with E-state index in [4.69, 9.17) is 29.9 Å². The van der Waals surface area contributed by atoms with Crippen LogP contribution in [0.25, 0.3) is 11.0 Å². The molecule has 0 bridgehead atoms. The van der Waals surface area contributed by atoms with Crippen LogP contribution in [0.3, 0.4) is 0 Å². The lowest BCUT2D eigenvalue weighted by Gasteiger charge is -2.05. The highest BCUT2D eigenvalue weighted by Crippen LogP contribution is 2.28. The summed E-state index contributed by atoms with van der Waals surface area (Å²) in [6.45, 7) is 0.146. The van der Waals surface area contributed by atoms with Gasteiger partial charge in [0.1, 0.15) is 17.1 Å². The van der Waals surface area contributed by atoms with Crippen LogP contribution in [0.15, 0.2) is 67.4 Å². The van der Waals surface area contributed by atoms with Crippen molar-refractivity contribution in [1.82, 2.24) is 10.2 Å². The Bertz CT molecular complexity index is 1190. The summed E-state index contributed by atoms with van der Waals surface area (Å²) >= 11 is 7.17. The summed E-state index contributed by atoms with van der Waals surface area (Å²) < 4.78 is 21.6. The second kappa shape index (κ2) is 8.59. The van der Waals surface area contributed by atoms with E-state index in [2.05, 4.69) is 10.2 Å². The molecule has 0 saturated heterocycles. The second-order valence-electron chi connectivity index (χ2n) is 5.95. The topological polar surface area (TPSA) is 87.6 Å². The molecule has 0 atom stereocenters. The van der Waals surface area contributed by atoms with Crippen LogP contribution in [0.2, 0.25) is 5.02 Å². The fourth-order valence-electron chi connectivity index (χ4n) is 2.63. The zero-order valence-electron chi connectivity index (χ0n) is 15.3. The average molecular weight is 431 g/mol. The molecule has 0 N–H and O–H groups in total. The van der Waals surface area contributed by atoms with Crippen molar-refractivity contribution in [3.63, 3.8) is 0 Å². The standard InChI is InChI=1S/C20H15ClN2O5S/c1-25-15-6-7-16-12(8-19(24)27-17(16)9-15)11-29-20-23-22-18(28-20)10-26-14-4-2-13(21)3-5-14/h2-9H,10-11H2,1H3. The van der Waals surface area contributed by atoms with Crippen molar-refractivity contribution >= 4 is 34.3 Å². The number of ether oxygens (including phenoxy) is 2. The molecule has 4 rings (SSSR count). The monoisotopic (exact) mass is 430 g/mol. The molecule has 2 heterocycles. The maximum atomic E-state index is 11.9. The molecule has 0 radical (unpaired) electrons. The van der Waals surface area contributed by atoms with Crippen molar-refractivity contribution in [2.75, 3.05) is 7.11 Å². The van der Waals surface area contributed by atoms with E-state index < -0.39 is 5.63 Å². The Morgan fingerprint density at radius 1 is 1.03 bits per heavy atom. The van der Waals surface area contributed by atoms with Gasteiger partial charge in [-0.05, 0) is 42.0 Å². The van der Waals surface area contributed by atoms with Crippen LogP contribution in [0.1, 0.15) is 11.5 Å². The highest BCUT2D eigenvalue weighted by Gasteiger charge is 2.11. The van der Waals surface area contributed by atoms with Gasteiger partial charge in [-0.15, -0.1) is 10.2 Å². The zero-order chi connectivity index (χ0) is 20.2. The van der Waals surface area contributed by atoms with Gasteiger partial charge in [0.05, 0.1) is 7.11 Å². The number of rotatable bonds is 7. The van der Waals surface area contributed by atoms with Gasteiger partial charge >= 0.3 is 5.63 Å². The van der Waals surface area contributed by atoms with Crippen LogP contribution in [0.5, 0.6) is 11.5 Å². The third-order valence-electron chi connectivity index (χ3n) is 4.01. The van der Waals surface area contributed by atoms with Crippen molar-refractivity contribution in [1.29, 1.82) is 0 Å². The Hall–Kier alpha value is -2.97. The van der Waals surface area contributed by atoms with Gasteiger partial charge < -0.3 is 18.3 Å². The molecule has 0 unspecified atom stereocenters. The van der Waals surface area contributed by atoms with E-state index in [-0.39, 0.29) is 6.61 Å². The summed E-state index contributed by atoms with van der Waals surface area (Å²) in [6, 6.07) is 13.8. The van der Waals surface area contributed by atoms with Gasteiger partial charge in [-0.1, -0.05) is 23.4 Å². The number of hydrogen-bond acceptors (Lipinski definition) is 8. The molecular weight excluding hydrogens is 416 g/mol. The molecule has 7 nitrogen and oxygen atoms in total. The number of methoxy groups -OCH3 is 1. The lowest BCUT2D eigenvalue weighted by Crippen LogP contribution is -2.00. The maximum Gasteiger partial charge on any atom is 0.336 e. The van der Waals surface area contributed by atoms with E-state index in [0.717, 1.165) is 10.9 Å². The third-order valence-corrected chi connectivity index (χ3v) is 5.13. The van der Waals surface area contributed by atoms with Gasteiger partial charge in [0.15, 0.2) is 6.61 Å². The lowest BCUT2D eigenvalue weighted by molar-refractivity contribution is 0.252. The smallest absolute Gasteiger partial charge is 0.336 e. The zero-order valence-corrected chi connectivity index (χ0v) is 16.8. The average Bonchev–Trinajstić information content (AvgIpc) is 3.19. The molecule has 148 valence electrons. The minimum absolute atomic E-state index is 0.146. The number of hydrogen-bond donors (Lipinski definition) is 0. The first kappa shape index (κ1) is 19.4. The van der Waals surface area contributed by atoms with Gasteiger partial charge in [0.2, 0.25) is 0 Å². The summed E-state index contributed by atoms with van der Waals surface area (Å²) in [7, 11) is 1.56. The molecule has 0 aliphatic carbocycles. The largest absolute Gasteiger partial charge is 0.497 e. The highest BCUT2D eigenvalue weighted by atomic mass is 35.5. The van der Waals surface area contributed by atoms with Gasteiger partial charge in [-0.3, -0.25) is 0 Å². The first-order valence-electron chi connectivity index (χ1n) is 8.55. The van der Waals surface area contributed by atoms with Crippen LogP contribution in [0, 0.1) is 0 Å². The van der Waals surface area contributed by atoms with Crippen LogP contribution in [-0.2, 0) is 12.4 Å². The Kier molecular flexibility index (Phi) is 5.73. The number of fused-ring (bicyclic) bond motifs is 1. The Balaban J connectivity index is 1.43. The number of benzene rings is 2. The van der Waals surface area contributed by atoms with E-state index in [1.807, 2.05) is 12.1 Å². The summed E-state index contributed by atoms with van der Waals surface area (Å²) in [5.74, 6) is 2.09. The number of halogens is 1. The highest BCUT2D eigenvalue weighted by molar-refractivity contribution is 7.98. The molecule has 0 aliphatic rings. The fraction of sp³-hybridized carbons (Fsp3) is 0.150. The van der Waals surface area contributed by atoms with E-state index in [1.165, 1.54) is 17.8 Å². The number of nitrogens with zero attached hydrogens (tertiary/aromatic N) is 2. The predicted octanol–water partition coefficient (Wildman–Crippen LogP) is 4.71. The normalized spacial score (nSPS) is 11.0. The van der Waals surface area contributed by atoms with Crippen molar-refractivity contribution in [2.24, 2.45) is 0 Å². The summed E-state index contributed by atoms with van der Waals surface area (Å²) in [4.78, 5) is 11.9. The van der Waals surface area contributed by atoms with E-state index >= 15 is 0 Å². The molecular formula is C20H15ClN2O5S. The Morgan fingerprint density at radius 2 is 1.83 bits per heavy atom. The summed E-state index contributed by atoms with van der Waals surface area (Å²) in [5.41, 5.74) is 0.847. The number of thioether (sulfide) groups is 1. The van der Waals surface area contributed by atoms with Crippen molar-refractivity contribution in [3.8, 4) is 11.5 Å². The predicted molar refractivity (Wildman–Crippen MR) is 109 cm³/mol. The summed E-state index contributed by atoms with van der Waals surface area (Å²) in [5, 5.41) is 9.83. The molecule has 4 aromatic rings. The molecule has 9 heteroatoms. The third kappa shape index (κ3) is 4.72. The maximum absolute atomic E-state index is 11.9. The van der Waals surface area contributed by atoms with Crippen LogP contribution in [-0.4, -0.2) is 17.3 Å². The van der Waals surface area contributed by atoms with Crippen LogP contribution < -0.4 is 15.1 Å². The molecule has 0 spiro atoms. The van der Waals surface area contributed by atoms with E-state index in [0.29, 0.717) is 39.0 Å². The van der Waals surface area contributed by atoms with Gasteiger partial charge in [-0.2, -0.15) is 0 Å². The van der Waals surface area contributed by atoms with Gasteiger partial charge in [0.25, 0.3) is 11.1 Å². The van der Waals surface area contributed by atoms with E-state index in [1.54, 1.807) is 37.4 Å². The quantitative estimate of drug-likeness (QED) is 0.307. The molecule has 0 aliphatic heterocycles. The molecule has 0 fully saturated rings. The van der Waals surface area contributed by atoms with Crippen molar-refractivity contribution < 1.29 is 18.3 Å². The number of aromatic nitrogens is 2. The molecule has 2 aromatic heterocycles. The lowest BCUT2D eigenvalue weighted by atomic mass is 10.1. The van der Waals surface area contributed by atoms with Gasteiger partial charge in [0, 0.05) is 28.3 Å². The second-order valence-corrected chi connectivity index (χ2v) is 7.31. The van der Waals surface area contributed by atoms with Crippen molar-refractivity contribution in [2.45, 2.75) is 17.6 Å². The van der Waals surface area contributed by atoms with Gasteiger partial charge in [-0.25, -0.2) is 4.79 Å². The fourth-order valence-corrected chi connectivity index (χ4v) is 3.52. The first-order valence-corrected chi connectivity index (χ1v) is 9.91. The van der Waals surface area contributed by atoms with E-state index in [9.17, 15) is 4.79 Å². The Labute approximate surface area is 174 Å². The minimum atomic E-state index is -0.427. The molecule has 2 aromatic carbocycles. The van der Waals surface area contributed by atoms with Crippen LogP contribution in [0.4, 0.5) is 0 Å². The molecule has 0 amide bonds. The van der Waals surface area contributed by atoms with Crippen LogP contribution >= 0.6 is 23.4 Å². The minimum Gasteiger partial charge on any atom is -0.497 e. The SMILES string of the molecule is COc1ccc2c(CSc3nnc(COc4ccc(Cl)cc4)o3)cc(=O)oc2c1. The Morgan fingerprint density at radius 3 is 2.62 bits per heavy atom. The first-order chi connectivity index (χ1) is 14.1. The van der Waals surface area contributed by atoms with Crippen molar-refractivity contribution in [3.05, 3.63) is 75.4 Å². The summed E-state index contributed by atoms with van der Waals surface area (Å²) in [6.07, 6.45) is 0.